The van der Waals surface area contributed by atoms with Gasteiger partial charge < -0.3 is 10.6 Å². The molecule has 0 bridgehead atoms. The molecule has 19 heavy (non-hydrogen) atoms. The molecule has 7 heteroatoms. The van der Waals surface area contributed by atoms with Gasteiger partial charge in [-0.1, -0.05) is 41.7 Å². The zero-order valence-electron chi connectivity index (χ0n) is 9.93. The molecule has 5 nitrogen and oxygen atoms in total. The number of nitrogens with one attached hydrogen (secondary N) is 2. The molecule has 1 aromatic carbocycles. The van der Waals surface area contributed by atoms with Crippen LogP contribution < -0.4 is 10.6 Å². The number of thiocarbonyl (C=S) groups is 1. The minimum Gasteiger partial charge on any atom is -0.319 e. The summed E-state index contributed by atoms with van der Waals surface area (Å²) < 4.78 is 0.214. The maximum Gasteiger partial charge on any atom is 0.293 e. The molecule has 1 aliphatic rings. The first-order valence-electron chi connectivity index (χ1n) is 5.41. The molecule has 1 aromatic rings. The van der Waals surface area contributed by atoms with E-state index in [9.17, 15) is 14.4 Å². The fourth-order valence-corrected chi connectivity index (χ4v) is 2.62. The molecule has 0 aromatic heterocycles. The van der Waals surface area contributed by atoms with E-state index in [1.165, 1.54) is 0 Å². The summed E-state index contributed by atoms with van der Waals surface area (Å²) in [7, 11) is 0. The van der Waals surface area contributed by atoms with Crippen molar-refractivity contribution in [3.05, 3.63) is 29.8 Å². The molecule has 1 fully saturated rings. The summed E-state index contributed by atoms with van der Waals surface area (Å²) in [5.41, 5.74) is 1.55. The lowest BCUT2D eigenvalue weighted by atomic mass is 10.2. The molecule has 1 saturated heterocycles. The Balaban J connectivity index is 2.04. The van der Waals surface area contributed by atoms with Gasteiger partial charge in [-0.2, -0.15) is 0 Å². The van der Waals surface area contributed by atoms with E-state index in [1.54, 1.807) is 12.1 Å². The molecule has 0 aliphatic carbocycles. The van der Waals surface area contributed by atoms with Crippen LogP contribution in [-0.4, -0.2) is 27.2 Å². The second-order valence-corrected chi connectivity index (χ2v) is 5.74. The molecular formula is C12H10N2O3S2. The van der Waals surface area contributed by atoms with Gasteiger partial charge in [-0.3, -0.25) is 14.4 Å². The molecule has 2 amide bonds. The van der Waals surface area contributed by atoms with E-state index in [1.807, 2.05) is 19.1 Å². The summed E-state index contributed by atoms with van der Waals surface area (Å²) in [5.74, 6) is -2.16. The Morgan fingerprint density at radius 1 is 1.32 bits per heavy atom. The highest BCUT2D eigenvalue weighted by Crippen LogP contribution is 2.20. The van der Waals surface area contributed by atoms with E-state index in [-0.39, 0.29) is 4.32 Å². The van der Waals surface area contributed by atoms with Crippen molar-refractivity contribution < 1.29 is 14.4 Å². The normalized spacial score (nSPS) is 18.1. The lowest BCUT2D eigenvalue weighted by molar-refractivity contribution is -0.136. The Morgan fingerprint density at radius 3 is 2.47 bits per heavy atom. The monoisotopic (exact) mass is 294 g/mol. The van der Waals surface area contributed by atoms with Crippen LogP contribution in [0.1, 0.15) is 5.56 Å². The summed E-state index contributed by atoms with van der Waals surface area (Å²) in [6.45, 7) is 1.91. The second kappa shape index (κ2) is 5.50. The molecule has 1 heterocycles. The topological polar surface area (TPSA) is 75.3 Å². The first kappa shape index (κ1) is 13.7. The van der Waals surface area contributed by atoms with E-state index in [2.05, 4.69) is 10.6 Å². The Labute approximate surface area is 119 Å². The number of thioether (sulfide) groups is 1. The van der Waals surface area contributed by atoms with Crippen molar-refractivity contribution in [2.45, 2.75) is 12.2 Å². The van der Waals surface area contributed by atoms with Gasteiger partial charge in [0.25, 0.3) is 5.91 Å². The van der Waals surface area contributed by atoms with Crippen LogP contribution in [0.2, 0.25) is 0 Å². The average Bonchev–Trinajstić information content (AvgIpc) is 2.70. The zero-order chi connectivity index (χ0) is 14.0. The Morgan fingerprint density at radius 2 is 1.95 bits per heavy atom. The molecule has 1 aliphatic heterocycles. The van der Waals surface area contributed by atoms with Gasteiger partial charge in [-0.25, -0.2) is 0 Å². The largest absolute Gasteiger partial charge is 0.319 e. The summed E-state index contributed by atoms with van der Waals surface area (Å²) in [6, 6.07) is 7.00. The maximum atomic E-state index is 11.8. The van der Waals surface area contributed by atoms with Gasteiger partial charge in [0.05, 0.1) is 0 Å². The van der Waals surface area contributed by atoms with Crippen molar-refractivity contribution in [1.29, 1.82) is 0 Å². The number of rotatable bonds is 3. The molecule has 0 spiro atoms. The van der Waals surface area contributed by atoms with Crippen LogP contribution in [0.3, 0.4) is 0 Å². The first-order valence-corrected chi connectivity index (χ1v) is 6.69. The van der Waals surface area contributed by atoms with Crippen molar-refractivity contribution in [2.75, 3.05) is 5.32 Å². The van der Waals surface area contributed by atoms with Gasteiger partial charge >= 0.3 is 0 Å². The van der Waals surface area contributed by atoms with Crippen LogP contribution in [0.15, 0.2) is 24.3 Å². The van der Waals surface area contributed by atoms with Crippen LogP contribution in [0, 0.1) is 6.92 Å². The Bertz CT molecular complexity index is 569. The van der Waals surface area contributed by atoms with Crippen LogP contribution in [-0.2, 0) is 14.4 Å². The zero-order valence-corrected chi connectivity index (χ0v) is 11.6. The molecule has 1 atom stereocenters. The lowest BCUT2D eigenvalue weighted by Gasteiger charge is -2.06. The minimum absolute atomic E-state index is 0.214. The summed E-state index contributed by atoms with van der Waals surface area (Å²) in [4.78, 5) is 35.0. The number of carbonyl (C=O) groups excluding carboxylic acids is 3. The standard InChI is InChI=1S/C12H10N2O3S2/c1-6-2-4-7(5-3-6)13-10(16)8(15)9-11(17)14-12(18)19-9/h2-5,9H,1H3,(H,13,16)(H,14,17,18)/t9-/m0/s1. The third-order valence-corrected chi connectivity index (χ3v) is 3.83. The lowest BCUT2D eigenvalue weighted by Crippen LogP contribution is -2.37. The number of hydrogen-bond donors (Lipinski definition) is 2. The minimum atomic E-state index is -1.09. The van der Waals surface area contributed by atoms with Crippen molar-refractivity contribution >= 4 is 51.6 Å². The van der Waals surface area contributed by atoms with Gasteiger partial charge in [0.2, 0.25) is 11.7 Å². The number of Topliss-reactive ketones (excluding diaryl/α,β-unsaturated/α-hetero) is 1. The Hall–Kier alpha value is -1.73. The van der Waals surface area contributed by atoms with E-state index < -0.39 is 22.8 Å². The quantitative estimate of drug-likeness (QED) is 0.494. The van der Waals surface area contributed by atoms with Gasteiger partial charge in [0, 0.05) is 5.69 Å². The SMILES string of the molecule is Cc1ccc(NC(=O)C(=O)[C@@H]2SC(=S)NC2=O)cc1. The second-order valence-electron chi connectivity index (χ2n) is 3.96. The third kappa shape index (κ3) is 3.18. The van der Waals surface area contributed by atoms with Crippen LogP contribution >= 0.6 is 24.0 Å². The molecule has 0 saturated carbocycles. The number of ketones is 1. The molecule has 2 rings (SSSR count). The van der Waals surface area contributed by atoms with Gasteiger partial charge in [-0.15, -0.1) is 0 Å². The fraction of sp³-hybridized carbons (Fsp3) is 0.167. The summed E-state index contributed by atoms with van der Waals surface area (Å²) >= 11 is 5.65. The highest BCUT2D eigenvalue weighted by atomic mass is 32.2. The van der Waals surface area contributed by atoms with Crippen LogP contribution in [0.25, 0.3) is 0 Å². The summed E-state index contributed by atoms with van der Waals surface area (Å²) in [6.07, 6.45) is 0. The summed E-state index contributed by atoms with van der Waals surface area (Å²) in [5, 5.41) is 3.70. The van der Waals surface area contributed by atoms with Crippen molar-refractivity contribution in [3.63, 3.8) is 0 Å². The highest BCUT2D eigenvalue weighted by Gasteiger charge is 2.38. The van der Waals surface area contributed by atoms with E-state index >= 15 is 0 Å². The predicted octanol–water partition coefficient (Wildman–Crippen LogP) is 1.02. The van der Waals surface area contributed by atoms with Gasteiger partial charge in [-0.05, 0) is 19.1 Å². The third-order valence-electron chi connectivity index (χ3n) is 2.46. The van der Waals surface area contributed by atoms with Crippen molar-refractivity contribution in [1.82, 2.24) is 5.32 Å². The number of hydrogen-bond acceptors (Lipinski definition) is 5. The molecule has 0 radical (unpaired) electrons. The van der Waals surface area contributed by atoms with Crippen LogP contribution in [0.4, 0.5) is 5.69 Å². The highest BCUT2D eigenvalue weighted by molar-refractivity contribution is 8.25. The van der Waals surface area contributed by atoms with Gasteiger partial charge in [0.1, 0.15) is 4.32 Å². The van der Waals surface area contributed by atoms with Crippen LogP contribution in [0.5, 0.6) is 0 Å². The number of carbonyl (C=O) groups is 3. The molecule has 2 N–H and O–H groups in total. The molecule has 0 unspecified atom stereocenters. The van der Waals surface area contributed by atoms with E-state index in [0.717, 1.165) is 17.3 Å². The van der Waals surface area contributed by atoms with Crippen molar-refractivity contribution in [2.24, 2.45) is 0 Å². The van der Waals surface area contributed by atoms with Crippen molar-refractivity contribution in [3.8, 4) is 0 Å². The number of aryl methyl sites for hydroxylation is 1. The fourth-order valence-electron chi connectivity index (χ4n) is 1.48. The molecular weight excluding hydrogens is 284 g/mol. The van der Waals surface area contributed by atoms with Gasteiger partial charge in [0.15, 0.2) is 5.25 Å². The predicted molar refractivity (Wildman–Crippen MR) is 76.9 cm³/mol. The average molecular weight is 294 g/mol. The maximum absolute atomic E-state index is 11.8. The Kier molecular flexibility index (Phi) is 3.96. The number of anilines is 1. The smallest absolute Gasteiger partial charge is 0.293 e. The first-order chi connectivity index (χ1) is 8.97. The number of benzene rings is 1. The number of amides is 2. The molecule has 98 valence electrons. The van der Waals surface area contributed by atoms with E-state index in [0.29, 0.717) is 5.69 Å². The van der Waals surface area contributed by atoms with E-state index in [4.69, 9.17) is 12.2 Å².